The van der Waals surface area contributed by atoms with Gasteiger partial charge in [-0.1, -0.05) is 49.1 Å². The number of hydrogen-bond acceptors (Lipinski definition) is 1. The number of aromatic nitrogens is 2. The second-order valence-corrected chi connectivity index (χ2v) is 7.58. The van der Waals surface area contributed by atoms with Crippen LogP contribution >= 0.6 is 0 Å². The lowest BCUT2D eigenvalue weighted by molar-refractivity contribution is -0.690. The summed E-state index contributed by atoms with van der Waals surface area (Å²) in [6.45, 7) is 3.61. The van der Waals surface area contributed by atoms with Gasteiger partial charge in [-0.3, -0.25) is 4.79 Å². The van der Waals surface area contributed by atoms with Gasteiger partial charge in [-0.05, 0) is 26.2 Å². The van der Waals surface area contributed by atoms with Crippen molar-refractivity contribution in [3.8, 4) is 11.3 Å². The minimum absolute atomic E-state index is 0.160. The molecule has 1 aromatic heterocycles. The van der Waals surface area contributed by atoms with E-state index in [9.17, 15) is 4.79 Å². The Kier molecular flexibility index (Phi) is 4.60. The molecule has 0 unspecified atom stereocenters. The Morgan fingerprint density at radius 1 is 1.16 bits per heavy atom. The fourth-order valence-corrected chi connectivity index (χ4v) is 4.28. The molecule has 1 N–H and O–H groups in total. The standard InChI is InChI=1S/C21H27N3O/c1-16-9-11-17(12-10-16)19-14-23(21-8-5-13-24(19)21)15-20(25)22-18-6-3-2-4-7-18/h9-12,14,18H,2-8,13,15H2,1H3/p+1. The third kappa shape index (κ3) is 3.48. The second-order valence-electron chi connectivity index (χ2n) is 7.58. The predicted octanol–water partition coefficient (Wildman–Crippen LogP) is 3.15. The molecule has 1 aromatic carbocycles. The highest BCUT2D eigenvalue weighted by Gasteiger charge is 2.30. The number of aryl methyl sites for hydroxylation is 1. The van der Waals surface area contributed by atoms with E-state index in [-0.39, 0.29) is 5.91 Å². The maximum absolute atomic E-state index is 12.5. The average Bonchev–Trinajstić information content (AvgIpc) is 3.21. The highest BCUT2D eigenvalue weighted by molar-refractivity contribution is 5.74. The van der Waals surface area contributed by atoms with Gasteiger partial charge in [0, 0.05) is 11.6 Å². The normalized spacial score (nSPS) is 17.5. The van der Waals surface area contributed by atoms with E-state index in [1.807, 2.05) is 0 Å². The number of nitrogens with one attached hydrogen (secondary N) is 1. The monoisotopic (exact) mass is 338 g/mol. The molecule has 1 saturated carbocycles. The lowest BCUT2D eigenvalue weighted by Gasteiger charge is -2.22. The Balaban J connectivity index is 1.53. The molecule has 0 atom stereocenters. The fraction of sp³-hybridized carbons (Fsp3) is 0.524. The summed E-state index contributed by atoms with van der Waals surface area (Å²) in [5.74, 6) is 1.45. The summed E-state index contributed by atoms with van der Waals surface area (Å²) < 4.78 is 4.55. The number of carbonyl (C=O) groups is 1. The van der Waals surface area contributed by atoms with Crippen LogP contribution in [0, 0.1) is 6.92 Å². The van der Waals surface area contributed by atoms with E-state index in [4.69, 9.17) is 0 Å². The number of amides is 1. The van der Waals surface area contributed by atoms with Crippen LogP contribution in [0.4, 0.5) is 0 Å². The first-order chi connectivity index (χ1) is 12.2. The van der Waals surface area contributed by atoms with Crippen LogP contribution in [0.1, 0.15) is 49.9 Å². The lowest BCUT2D eigenvalue weighted by atomic mass is 9.95. The predicted molar refractivity (Wildman–Crippen MR) is 98.1 cm³/mol. The van der Waals surface area contributed by atoms with Crippen LogP contribution in [0.2, 0.25) is 0 Å². The molecule has 2 aromatic rings. The third-order valence-corrected chi connectivity index (χ3v) is 5.63. The number of carbonyl (C=O) groups excluding carboxylic acids is 1. The summed E-state index contributed by atoms with van der Waals surface area (Å²) in [5.41, 5.74) is 3.75. The number of nitrogens with zero attached hydrogens (tertiary/aromatic N) is 2. The Bertz CT molecular complexity index is 754. The van der Waals surface area contributed by atoms with E-state index in [1.54, 1.807) is 0 Å². The maximum Gasteiger partial charge on any atom is 0.262 e. The van der Waals surface area contributed by atoms with Crippen LogP contribution in [0.3, 0.4) is 0 Å². The van der Waals surface area contributed by atoms with Crippen molar-refractivity contribution in [1.82, 2.24) is 9.88 Å². The van der Waals surface area contributed by atoms with Gasteiger partial charge in [0.1, 0.15) is 6.20 Å². The van der Waals surface area contributed by atoms with Crippen molar-refractivity contribution in [2.24, 2.45) is 0 Å². The van der Waals surface area contributed by atoms with Crippen LogP contribution < -0.4 is 9.88 Å². The van der Waals surface area contributed by atoms with E-state index in [2.05, 4.69) is 51.8 Å². The molecule has 1 aliphatic carbocycles. The molecule has 0 saturated heterocycles. The van der Waals surface area contributed by atoms with Crippen LogP contribution in [0.15, 0.2) is 30.5 Å². The highest BCUT2D eigenvalue weighted by Crippen LogP contribution is 2.25. The summed E-state index contributed by atoms with van der Waals surface area (Å²) >= 11 is 0. The molecule has 1 amide bonds. The van der Waals surface area contributed by atoms with E-state index in [0.717, 1.165) is 25.8 Å². The molecular formula is C21H28N3O+. The first-order valence-electron chi connectivity index (χ1n) is 9.69. The van der Waals surface area contributed by atoms with Crippen molar-refractivity contribution < 1.29 is 9.36 Å². The molecule has 132 valence electrons. The van der Waals surface area contributed by atoms with Gasteiger partial charge in [0.05, 0.1) is 13.0 Å². The third-order valence-electron chi connectivity index (χ3n) is 5.63. The van der Waals surface area contributed by atoms with E-state index in [0.29, 0.717) is 12.6 Å². The van der Waals surface area contributed by atoms with Crippen LogP contribution in [-0.2, 0) is 24.3 Å². The summed E-state index contributed by atoms with van der Waals surface area (Å²) in [6, 6.07) is 9.06. The Morgan fingerprint density at radius 2 is 1.92 bits per heavy atom. The maximum atomic E-state index is 12.5. The fourth-order valence-electron chi connectivity index (χ4n) is 4.28. The largest absolute Gasteiger partial charge is 0.350 e. The molecule has 1 fully saturated rings. The zero-order valence-corrected chi connectivity index (χ0v) is 15.1. The Labute approximate surface area is 149 Å². The molecular weight excluding hydrogens is 310 g/mol. The Morgan fingerprint density at radius 3 is 2.68 bits per heavy atom. The van der Waals surface area contributed by atoms with Gasteiger partial charge >= 0.3 is 0 Å². The molecule has 4 nitrogen and oxygen atoms in total. The van der Waals surface area contributed by atoms with Gasteiger partial charge in [0.25, 0.3) is 11.7 Å². The summed E-state index contributed by atoms with van der Waals surface area (Å²) in [7, 11) is 0. The van der Waals surface area contributed by atoms with Crippen molar-refractivity contribution in [2.45, 2.75) is 71.0 Å². The summed E-state index contributed by atoms with van der Waals surface area (Å²) in [6.07, 6.45) is 10.5. The van der Waals surface area contributed by atoms with Gasteiger partial charge in [-0.15, -0.1) is 0 Å². The van der Waals surface area contributed by atoms with E-state index in [1.165, 1.54) is 48.3 Å². The lowest BCUT2D eigenvalue weighted by Crippen LogP contribution is -2.47. The molecule has 4 rings (SSSR count). The minimum atomic E-state index is 0.160. The molecule has 2 aliphatic rings. The van der Waals surface area contributed by atoms with Crippen LogP contribution in [0.25, 0.3) is 11.3 Å². The first kappa shape index (κ1) is 16.4. The number of imidazole rings is 1. The molecule has 0 spiro atoms. The van der Waals surface area contributed by atoms with Gasteiger partial charge in [0.2, 0.25) is 0 Å². The Hall–Kier alpha value is -2.10. The van der Waals surface area contributed by atoms with Gasteiger partial charge in [0.15, 0.2) is 12.2 Å². The SMILES string of the molecule is Cc1ccc(-c2c[n+](CC(=O)NC3CCCCC3)c3n2CCC3)cc1. The zero-order valence-electron chi connectivity index (χ0n) is 15.1. The van der Waals surface area contributed by atoms with Crippen LogP contribution in [0.5, 0.6) is 0 Å². The van der Waals surface area contributed by atoms with Gasteiger partial charge < -0.3 is 5.32 Å². The molecule has 0 radical (unpaired) electrons. The van der Waals surface area contributed by atoms with Crippen LogP contribution in [-0.4, -0.2) is 16.5 Å². The van der Waals surface area contributed by atoms with Crippen molar-refractivity contribution in [2.75, 3.05) is 0 Å². The number of rotatable bonds is 4. The highest BCUT2D eigenvalue weighted by atomic mass is 16.2. The zero-order chi connectivity index (χ0) is 17.2. The van der Waals surface area contributed by atoms with Gasteiger partial charge in [-0.25, -0.2) is 9.13 Å². The number of fused-ring (bicyclic) bond motifs is 1. The van der Waals surface area contributed by atoms with Crippen molar-refractivity contribution >= 4 is 5.91 Å². The second kappa shape index (κ2) is 7.03. The number of benzene rings is 1. The summed E-state index contributed by atoms with van der Waals surface area (Å²) in [5, 5.41) is 3.25. The quantitative estimate of drug-likeness (QED) is 0.855. The molecule has 2 heterocycles. The van der Waals surface area contributed by atoms with Gasteiger partial charge in [-0.2, -0.15) is 0 Å². The minimum Gasteiger partial charge on any atom is -0.350 e. The van der Waals surface area contributed by atoms with Crippen molar-refractivity contribution in [1.29, 1.82) is 0 Å². The van der Waals surface area contributed by atoms with Crippen molar-refractivity contribution in [3.05, 3.63) is 41.9 Å². The van der Waals surface area contributed by atoms with Crippen molar-refractivity contribution in [3.63, 3.8) is 0 Å². The van der Waals surface area contributed by atoms with E-state index >= 15 is 0 Å². The summed E-state index contributed by atoms with van der Waals surface area (Å²) in [4.78, 5) is 12.5. The average molecular weight is 338 g/mol. The first-order valence-corrected chi connectivity index (χ1v) is 9.69. The molecule has 1 aliphatic heterocycles. The molecule has 25 heavy (non-hydrogen) atoms. The smallest absolute Gasteiger partial charge is 0.262 e. The van der Waals surface area contributed by atoms with E-state index < -0.39 is 0 Å². The topological polar surface area (TPSA) is 37.9 Å². The molecule has 0 bridgehead atoms. The molecule has 4 heteroatoms. The number of hydrogen-bond donors (Lipinski definition) is 1.